The van der Waals surface area contributed by atoms with Crippen molar-refractivity contribution in [2.45, 2.75) is 52.7 Å². The van der Waals surface area contributed by atoms with Crippen molar-refractivity contribution in [3.63, 3.8) is 0 Å². The molecule has 6 heteroatoms. The topological polar surface area (TPSA) is 63.0 Å². The summed E-state index contributed by atoms with van der Waals surface area (Å²) in [7, 11) is 0. The van der Waals surface area contributed by atoms with Gasteiger partial charge < -0.3 is 19.0 Å². The number of amides is 2. The van der Waals surface area contributed by atoms with E-state index in [1.807, 2.05) is 26.8 Å². The molecule has 1 aliphatic heterocycles. The number of ether oxygens (including phenoxy) is 1. The average Bonchev–Trinajstić information content (AvgIpc) is 3.26. The Labute approximate surface area is 162 Å². The zero-order valence-corrected chi connectivity index (χ0v) is 16.8. The number of carbonyl (C=O) groups excluding carboxylic acids is 2. The van der Waals surface area contributed by atoms with Crippen molar-refractivity contribution in [2.24, 2.45) is 5.41 Å². The van der Waals surface area contributed by atoms with E-state index in [4.69, 9.17) is 9.15 Å². The molecule has 150 valence electrons. The van der Waals surface area contributed by atoms with E-state index in [1.165, 1.54) is 0 Å². The van der Waals surface area contributed by atoms with Gasteiger partial charge in [-0.3, -0.25) is 9.59 Å². The van der Waals surface area contributed by atoms with Crippen molar-refractivity contribution in [1.82, 2.24) is 9.80 Å². The number of nitrogens with zero attached hydrogens (tertiary/aromatic N) is 2. The molecule has 27 heavy (non-hydrogen) atoms. The molecule has 0 saturated carbocycles. The second-order valence-corrected chi connectivity index (χ2v) is 8.29. The minimum Gasteiger partial charge on any atom is -0.467 e. The van der Waals surface area contributed by atoms with E-state index in [2.05, 4.69) is 6.58 Å². The normalized spacial score (nSPS) is 16.9. The molecule has 6 nitrogen and oxygen atoms in total. The largest absolute Gasteiger partial charge is 0.467 e. The lowest BCUT2D eigenvalue weighted by Crippen LogP contribution is -2.45. The second kappa shape index (κ2) is 9.74. The summed E-state index contributed by atoms with van der Waals surface area (Å²) in [6.07, 6.45) is 5.65. The summed E-state index contributed by atoms with van der Waals surface area (Å²) < 4.78 is 11.1. The van der Waals surface area contributed by atoms with E-state index in [0.717, 1.165) is 25.2 Å². The van der Waals surface area contributed by atoms with Crippen LogP contribution in [0.4, 0.5) is 0 Å². The maximum absolute atomic E-state index is 13.0. The molecule has 0 bridgehead atoms. The molecule has 0 unspecified atom stereocenters. The first-order valence-electron chi connectivity index (χ1n) is 9.59. The van der Waals surface area contributed by atoms with Crippen LogP contribution < -0.4 is 0 Å². The summed E-state index contributed by atoms with van der Waals surface area (Å²) in [5, 5.41) is 0. The highest BCUT2D eigenvalue weighted by molar-refractivity contribution is 5.85. The van der Waals surface area contributed by atoms with Gasteiger partial charge in [-0.1, -0.05) is 26.8 Å². The smallest absolute Gasteiger partial charge is 0.242 e. The molecule has 1 fully saturated rings. The molecule has 0 aliphatic carbocycles. The standard InChI is InChI=1S/C21H32N2O4/c1-5-10-22(19(24)13-21(2,3)4)16-20(25)23(14-17-8-6-11-26-17)15-18-9-7-12-27-18/h5-6,8,11,18H,1,7,9-10,12-16H2,2-4H3/t18-/m0/s1. The molecule has 2 amide bonds. The summed E-state index contributed by atoms with van der Waals surface area (Å²) in [5.74, 6) is 0.578. The van der Waals surface area contributed by atoms with E-state index in [9.17, 15) is 9.59 Å². The molecule has 1 saturated heterocycles. The molecule has 1 aliphatic rings. The Hall–Kier alpha value is -2.08. The third kappa shape index (κ3) is 7.21. The lowest BCUT2D eigenvalue weighted by molar-refractivity contribution is -0.142. The molecule has 1 atom stereocenters. The lowest BCUT2D eigenvalue weighted by atomic mass is 9.91. The first-order chi connectivity index (χ1) is 12.8. The van der Waals surface area contributed by atoms with E-state index >= 15 is 0 Å². The molecular formula is C21H32N2O4. The van der Waals surface area contributed by atoms with Crippen molar-refractivity contribution in [3.8, 4) is 0 Å². The minimum absolute atomic E-state index is 0.0361. The summed E-state index contributed by atoms with van der Waals surface area (Å²) in [6.45, 7) is 11.8. The molecule has 0 aromatic carbocycles. The maximum atomic E-state index is 13.0. The van der Waals surface area contributed by atoms with Gasteiger partial charge in [-0.15, -0.1) is 6.58 Å². The SMILES string of the molecule is C=CCN(CC(=O)N(Cc1ccco1)C[C@@H]1CCCO1)C(=O)CC(C)(C)C. The lowest BCUT2D eigenvalue weighted by Gasteiger charge is -2.29. The summed E-state index contributed by atoms with van der Waals surface area (Å²) in [6, 6.07) is 3.66. The Morgan fingerprint density at radius 2 is 2.07 bits per heavy atom. The van der Waals surface area contributed by atoms with Gasteiger partial charge in [0.1, 0.15) is 12.3 Å². The zero-order valence-electron chi connectivity index (χ0n) is 16.8. The number of hydrogen-bond acceptors (Lipinski definition) is 4. The fraction of sp³-hybridized carbons (Fsp3) is 0.619. The van der Waals surface area contributed by atoms with Gasteiger partial charge in [0.15, 0.2) is 0 Å². The van der Waals surface area contributed by atoms with Crippen molar-refractivity contribution < 1.29 is 18.7 Å². The van der Waals surface area contributed by atoms with E-state index in [0.29, 0.717) is 26.1 Å². The highest BCUT2D eigenvalue weighted by Gasteiger charge is 2.27. The van der Waals surface area contributed by atoms with Gasteiger partial charge in [0.2, 0.25) is 11.8 Å². The van der Waals surface area contributed by atoms with Crippen molar-refractivity contribution in [3.05, 3.63) is 36.8 Å². The predicted octanol–water partition coefficient (Wildman–Crippen LogP) is 3.24. The van der Waals surface area contributed by atoms with Crippen LogP contribution in [-0.2, 0) is 20.9 Å². The molecule has 2 heterocycles. The average molecular weight is 376 g/mol. The van der Waals surface area contributed by atoms with Crippen LogP contribution >= 0.6 is 0 Å². The summed E-state index contributed by atoms with van der Waals surface area (Å²) in [4.78, 5) is 29.0. The summed E-state index contributed by atoms with van der Waals surface area (Å²) >= 11 is 0. The van der Waals surface area contributed by atoms with Crippen molar-refractivity contribution in [2.75, 3.05) is 26.2 Å². The van der Waals surface area contributed by atoms with Crippen molar-refractivity contribution in [1.29, 1.82) is 0 Å². The Balaban J connectivity index is 2.06. The van der Waals surface area contributed by atoms with Crippen LogP contribution in [0.15, 0.2) is 35.5 Å². The van der Waals surface area contributed by atoms with Crippen LogP contribution in [0.3, 0.4) is 0 Å². The molecule has 2 rings (SSSR count). The van der Waals surface area contributed by atoms with Crippen LogP contribution in [0.5, 0.6) is 0 Å². The van der Waals surface area contributed by atoms with E-state index in [-0.39, 0.29) is 29.9 Å². The molecule has 0 N–H and O–H groups in total. The van der Waals surface area contributed by atoms with Crippen LogP contribution in [0.2, 0.25) is 0 Å². The first-order valence-corrected chi connectivity index (χ1v) is 9.59. The molecule has 0 spiro atoms. The van der Waals surface area contributed by atoms with Gasteiger partial charge in [0.25, 0.3) is 0 Å². The highest BCUT2D eigenvalue weighted by Crippen LogP contribution is 2.20. The highest BCUT2D eigenvalue weighted by atomic mass is 16.5. The van der Waals surface area contributed by atoms with Crippen LogP contribution in [0.25, 0.3) is 0 Å². The maximum Gasteiger partial charge on any atom is 0.242 e. The molecule has 1 aromatic rings. The fourth-order valence-electron chi connectivity index (χ4n) is 3.12. The van der Waals surface area contributed by atoms with Gasteiger partial charge in [-0.2, -0.15) is 0 Å². The van der Waals surface area contributed by atoms with Gasteiger partial charge in [-0.25, -0.2) is 0 Å². The van der Waals surface area contributed by atoms with Gasteiger partial charge in [-0.05, 0) is 30.4 Å². The Morgan fingerprint density at radius 1 is 1.30 bits per heavy atom. The molecule has 0 radical (unpaired) electrons. The Kier molecular flexibility index (Phi) is 7.66. The van der Waals surface area contributed by atoms with Gasteiger partial charge in [0, 0.05) is 26.1 Å². The zero-order chi connectivity index (χ0) is 19.9. The molecular weight excluding hydrogens is 344 g/mol. The van der Waals surface area contributed by atoms with Gasteiger partial charge in [0.05, 0.1) is 18.9 Å². The van der Waals surface area contributed by atoms with Crippen LogP contribution in [0.1, 0.15) is 45.8 Å². The first kappa shape index (κ1) is 21.2. The fourth-order valence-corrected chi connectivity index (χ4v) is 3.12. The number of furan rings is 1. The van der Waals surface area contributed by atoms with Crippen LogP contribution in [-0.4, -0.2) is 54.0 Å². The third-order valence-corrected chi connectivity index (χ3v) is 4.44. The van der Waals surface area contributed by atoms with E-state index in [1.54, 1.807) is 28.2 Å². The second-order valence-electron chi connectivity index (χ2n) is 8.29. The third-order valence-electron chi connectivity index (χ3n) is 4.44. The Morgan fingerprint density at radius 3 is 2.63 bits per heavy atom. The number of rotatable bonds is 9. The van der Waals surface area contributed by atoms with Crippen LogP contribution in [0, 0.1) is 5.41 Å². The van der Waals surface area contributed by atoms with Gasteiger partial charge >= 0.3 is 0 Å². The molecule has 1 aromatic heterocycles. The quantitative estimate of drug-likeness (QED) is 0.621. The summed E-state index contributed by atoms with van der Waals surface area (Å²) in [5.41, 5.74) is -0.134. The van der Waals surface area contributed by atoms with Crippen molar-refractivity contribution >= 4 is 11.8 Å². The number of carbonyl (C=O) groups is 2. The monoisotopic (exact) mass is 376 g/mol. The Bertz CT molecular complexity index is 613. The minimum atomic E-state index is -0.134. The number of hydrogen-bond donors (Lipinski definition) is 0. The van der Waals surface area contributed by atoms with E-state index < -0.39 is 0 Å². The predicted molar refractivity (Wildman–Crippen MR) is 104 cm³/mol.